The van der Waals surface area contributed by atoms with Gasteiger partial charge in [0.15, 0.2) is 5.78 Å². The second-order valence-electron chi connectivity index (χ2n) is 10.5. The number of hydrogen-bond acceptors (Lipinski definition) is 3. The maximum absolute atomic E-state index is 13.7. The van der Waals surface area contributed by atoms with E-state index in [9.17, 15) is 15.0 Å². The van der Waals surface area contributed by atoms with Crippen LogP contribution in [0.4, 0.5) is 0 Å². The summed E-state index contributed by atoms with van der Waals surface area (Å²) in [5, 5.41) is 22.9. The maximum Gasteiger partial charge on any atom is 0.162 e. The topological polar surface area (TPSA) is 57.5 Å². The molecule has 0 spiro atoms. The van der Waals surface area contributed by atoms with Crippen LogP contribution in [0.3, 0.4) is 0 Å². The summed E-state index contributed by atoms with van der Waals surface area (Å²) in [5.74, 6) is 0.299. The summed E-state index contributed by atoms with van der Waals surface area (Å²) in [5.41, 5.74) is -0.324. The molecule has 3 heteroatoms. The minimum Gasteiger partial charge on any atom is -0.392 e. The largest absolute Gasteiger partial charge is 0.392 e. The van der Waals surface area contributed by atoms with Gasteiger partial charge < -0.3 is 10.2 Å². The summed E-state index contributed by atoms with van der Waals surface area (Å²) in [6.45, 7) is 14.7. The lowest BCUT2D eigenvalue weighted by atomic mass is 9.44. The SMILES string of the molecule is C=C[C@]1(C)C[C@@H](O)[C@]2(C)[C@H](C)CC[C@]3(C/C(=C\CCCC)C(=O)[C@H]32)[C@@H](C)[C@@H]1O. The summed E-state index contributed by atoms with van der Waals surface area (Å²) < 4.78 is 0. The lowest BCUT2D eigenvalue weighted by molar-refractivity contribution is -0.191. The average molecular weight is 389 g/mol. The summed E-state index contributed by atoms with van der Waals surface area (Å²) >= 11 is 0. The Morgan fingerprint density at radius 3 is 2.54 bits per heavy atom. The zero-order valence-electron chi connectivity index (χ0n) is 18.5. The lowest BCUT2D eigenvalue weighted by Crippen LogP contribution is -2.62. The van der Waals surface area contributed by atoms with Crippen LogP contribution in [0.5, 0.6) is 0 Å². The second kappa shape index (κ2) is 7.40. The Kier molecular flexibility index (Phi) is 5.75. The van der Waals surface area contributed by atoms with Gasteiger partial charge in [0.2, 0.25) is 0 Å². The number of Topliss-reactive ketones (excluding diaryl/α,β-unsaturated/α-hetero) is 1. The number of allylic oxidation sites excluding steroid dienone is 2. The molecule has 2 N–H and O–H groups in total. The molecule has 3 aliphatic rings. The van der Waals surface area contributed by atoms with Crippen molar-refractivity contribution in [2.45, 2.75) is 91.8 Å². The maximum atomic E-state index is 13.7. The third kappa shape index (κ3) is 2.88. The van der Waals surface area contributed by atoms with Crippen molar-refractivity contribution < 1.29 is 15.0 Å². The van der Waals surface area contributed by atoms with E-state index in [2.05, 4.69) is 40.3 Å². The monoisotopic (exact) mass is 388 g/mol. The molecule has 0 radical (unpaired) electrons. The first-order valence-electron chi connectivity index (χ1n) is 11.3. The van der Waals surface area contributed by atoms with Crippen molar-refractivity contribution in [3.63, 3.8) is 0 Å². The van der Waals surface area contributed by atoms with Crippen molar-refractivity contribution in [2.24, 2.45) is 34.0 Å². The molecule has 28 heavy (non-hydrogen) atoms. The highest BCUT2D eigenvalue weighted by Gasteiger charge is 2.68. The Balaban J connectivity index is 2.16. The van der Waals surface area contributed by atoms with Crippen LogP contribution < -0.4 is 0 Å². The van der Waals surface area contributed by atoms with Crippen molar-refractivity contribution in [3.05, 3.63) is 24.3 Å². The number of hydrogen-bond donors (Lipinski definition) is 2. The van der Waals surface area contributed by atoms with Gasteiger partial charge >= 0.3 is 0 Å². The summed E-state index contributed by atoms with van der Waals surface area (Å²) in [6, 6.07) is 0. The van der Waals surface area contributed by atoms with Gasteiger partial charge in [-0.1, -0.05) is 59.6 Å². The van der Waals surface area contributed by atoms with E-state index < -0.39 is 23.0 Å². The third-order valence-corrected chi connectivity index (χ3v) is 9.22. The number of aliphatic hydroxyl groups excluding tert-OH is 2. The Labute approximate surface area is 171 Å². The van der Waals surface area contributed by atoms with Crippen LogP contribution in [0.15, 0.2) is 24.3 Å². The molecule has 3 nitrogen and oxygen atoms in total. The molecule has 3 fully saturated rings. The van der Waals surface area contributed by atoms with Crippen molar-refractivity contribution >= 4 is 5.78 Å². The molecule has 3 saturated carbocycles. The molecule has 3 aliphatic carbocycles. The highest BCUT2D eigenvalue weighted by molar-refractivity contribution is 6.01. The van der Waals surface area contributed by atoms with E-state index in [0.29, 0.717) is 6.42 Å². The molecule has 0 heterocycles. The van der Waals surface area contributed by atoms with Crippen LogP contribution in [-0.2, 0) is 4.79 Å². The molecule has 158 valence electrons. The molecule has 3 rings (SSSR count). The first-order valence-corrected chi connectivity index (χ1v) is 11.3. The van der Waals surface area contributed by atoms with Crippen LogP contribution >= 0.6 is 0 Å². The van der Waals surface area contributed by atoms with Crippen molar-refractivity contribution in [3.8, 4) is 0 Å². The number of ketones is 1. The third-order valence-electron chi connectivity index (χ3n) is 9.22. The van der Waals surface area contributed by atoms with Gasteiger partial charge in [-0.05, 0) is 54.9 Å². The van der Waals surface area contributed by atoms with Crippen LogP contribution in [0.1, 0.15) is 79.6 Å². The summed E-state index contributed by atoms with van der Waals surface area (Å²) in [4.78, 5) is 13.7. The molecule has 0 unspecified atom stereocenters. The highest BCUT2D eigenvalue weighted by atomic mass is 16.3. The molecule has 0 aromatic rings. The fraction of sp³-hybridized carbons (Fsp3) is 0.800. The smallest absolute Gasteiger partial charge is 0.162 e. The predicted molar refractivity (Wildman–Crippen MR) is 114 cm³/mol. The van der Waals surface area contributed by atoms with Crippen LogP contribution in [0.2, 0.25) is 0 Å². The molecule has 0 amide bonds. The number of carbonyl (C=O) groups is 1. The second-order valence-corrected chi connectivity index (χ2v) is 10.5. The highest BCUT2D eigenvalue weighted by Crippen LogP contribution is 2.68. The van der Waals surface area contributed by atoms with Crippen LogP contribution in [-0.4, -0.2) is 28.2 Å². The van der Waals surface area contributed by atoms with Crippen LogP contribution in [0, 0.1) is 34.0 Å². The Bertz CT molecular complexity index is 667. The van der Waals surface area contributed by atoms with Gasteiger partial charge in [-0.15, -0.1) is 6.58 Å². The van der Waals surface area contributed by atoms with E-state index in [0.717, 1.165) is 44.1 Å². The van der Waals surface area contributed by atoms with Gasteiger partial charge in [0, 0.05) is 16.7 Å². The normalized spacial score (nSPS) is 50.2. The Morgan fingerprint density at radius 2 is 1.93 bits per heavy atom. The average Bonchev–Trinajstić information content (AvgIpc) is 2.96. The first-order chi connectivity index (χ1) is 13.1. The van der Waals surface area contributed by atoms with Gasteiger partial charge in [-0.3, -0.25) is 4.79 Å². The summed E-state index contributed by atoms with van der Waals surface area (Å²) in [7, 11) is 0. The number of rotatable bonds is 4. The Morgan fingerprint density at radius 1 is 1.25 bits per heavy atom. The zero-order valence-corrected chi connectivity index (χ0v) is 18.5. The van der Waals surface area contributed by atoms with Gasteiger partial charge in [0.05, 0.1) is 12.2 Å². The molecule has 2 bridgehead atoms. The van der Waals surface area contributed by atoms with E-state index >= 15 is 0 Å². The van der Waals surface area contributed by atoms with Crippen molar-refractivity contribution in [2.75, 3.05) is 0 Å². The lowest BCUT2D eigenvalue weighted by Gasteiger charge is -2.61. The van der Waals surface area contributed by atoms with Gasteiger partial charge in [-0.2, -0.15) is 0 Å². The fourth-order valence-corrected chi connectivity index (χ4v) is 6.88. The van der Waals surface area contributed by atoms with Crippen molar-refractivity contribution in [1.82, 2.24) is 0 Å². The molecule has 0 aromatic carbocycles. The Hall–Kier alpha value is -0.930. The minimum atomic E-state index is -0.628. The minimum absolute atomic E-state index is 0.0131. The van der Waals surface area contributed by atoms with Gasteiger partial charge in [-0.25, -0.2) is 0 Å². The number of aliphatic hydroxyl groups is 2. The molecular formula is C25H40O3. The molecule has 0 saturated heterocycles. The van der Waals surface area contributed by atoms with Gasteiger partial charge in [0.25, 0.3) is 0 Å². The molecule has 0 aliphatic heterocycles. The first kappa shape index (κ1) is 21.8. The van der Waals surface area contributed by atoms with E-state index in [1.54, 1.807) is 0 Å². The zero-order chi connectivity index (χ0) is 20.9. The van der Waals surface area contributed by atoms with E-state index in [1.165, 1.54) is 0 Å². The fourth-order valence-electron chi connectivity index (χ4n) is 6.88. The van der Waals surface area contributed by atoms with E-state index in [4.69, 9.17) is 0 Å². The molecule has 0 aromatic heterocycles. The van der Waals surface area contributed by atoms with E-state index in [1.807, 2.05) is 13.0 Å². The standard InChI is InChI=1S/C25H40O3/c1-7-9-10-11-18-14-25-13-12-16(3)24(6,21(25)20(18)27)19(26)15-23(5,8-2)22(28)17(25)4/h8,11,16-17,19,21-22,26,28H,2,7,9-10,12-15H2,1,3-6H3/b18-11+/t16-,17+,19-,21+,22+,23-,24+,25+/m1/s1. The molecule has 8 atom stereocenters. The predicted octanol–water partition coefficient (Wildman–Crippen LogP) is 5.07. The summed E-state index contributed by atoms with van der Waals surface area (Å²) in [6.07, 6.45) is 9.06. The number of carbonyl (C=O) groups excluding carboxylic acids is 1. The van der Waals surface area contributed by atoms with E-state index in [-0.39, 0.29) is 29.0 Å². The quantitative estimate of drug-likeness (QED) is 0.402. The van der Waals surface area contributed by atoms with Crippen molar-refractivity contribution in [1.29, 1.82) is 0 Å². The number of unbranched alkanes of at least 4 members (excludes halogenated alkanes) is 2. The van der Waals surface area contributed by atoms with Crippen LogP contribution in [0.25, 0.3) is 0 Å². The van der Waals surface area contributed by atoms with Gasteiger partial charge in [0.1, 0.15) is 0 Å². The molecular weight excluding hydrogens is 348 g/mol.